The Morgan fingerprint density at radius 2 is 1.08 bits per heavy atom. The molecule has 3 rings (SSSR count). The Hall–Kier alpha value is 0.0649. The van der Waals surface area contributed by atoms with Crippen LogP contribution in [0.2, 0.25) is 11.6 Å². The third kappa shape index (κ3) is 1.35. The molecule has 71 valence electrons. The summed E-state index contributed by atoms with van der Waals surface area (Å²) in [4.78, 5) is 0. The van der Waals surface area contributed by atoms with Gasteiger partial charge in [0.05, 0.1) is 0 Å². The highest BCUT2D eigenvalue weighted by Crippen LogP contribution is 2.55. The Kier molecular flexibility index (Phi) is 2.15. The highest BCUT2D eigenvalue weighted by Gasteiger charge is 2.44. The van der Waals surface area contributed by atoms with E-state index in [9.17, 15) is 0 Å². The number of hydrogen-bond donors (Lipinski definition) is 0. The molecular formula is C12H20B. The molecule has 1 saturated heterocycles. The molecule has 0 aromatic carbocycles. The van der Waals surface area contributed by atoms with Crippen LogP contribution >= 0.6 is 0 Å². The molecule has 3 fully saturated rings. The molecule has 1 radical (unpaired) electrons. The van der Waals surface area contributed by atoms with Crippen LogP contribution in [0.4, 0.5) is 0 Å². The summed E-state index contributed by atoms with van der Waals surface area (Å²) in [6.07, 6.45) is 12.2. The van der Waals surface area contributed by atoms with Gasteiger partial charge >= 0.3 is 0 Å². The molecule has 0 spiro atoms. The van der Waals surface area contributed by atoms with Gasteiger partial charge in [-0.3, -0.25) is 0 Å². The number of hydrogen-bond acceptors (Lipinski definition) is 0. The Balaban J connectivity index is 1.76. The molecule has 2 saturated carbocycles. The van der Waals surface area contributed by atoms with Crippen molar-refractivity contribution in [3.63, 3.8) is 0 Å². The fourth-order valence-electron chi connectivity index (χ4n) is 4.24. The largest absolute Gasteiger partial charge is 0.118 e. The van der Waals surface area contributed by atoms with E-state index in [2.05, 4.69) is 7.28 Å². The van der Waals surface area contributed by atoms with Crippen LogP contribution in [0.3, 0.4) is 0 Å². The van der Waals surface area contributed by atoms with Gasteiger partial charge in [-0.2, -0.15) is 0 Å². The van der Waals surface area contributed by atoms with Crippen molar-refractivity contribution >= 4 is 7.28 Å². The maximum atomic E-state index is 2.76. The van der Waals surface area contributed by atoms with Crippen molar-refractivity contribution in [1.29, 1.82) is 0 Å². The first-order valence-corrected chi connectivity index (χ1v) is 6.30. The normalized spacial score (nSPS) is 49.2. The Bertz CT molecular complexity index is 170. The second-order valence-corrected chi connectivity index (χ2v) is 5.42. The van der Waals surface area contributed by atoms with E-state index < -0.39 is 0 Å². The van der Waals surface area contributed by atoms with E-state index in [0.717, 1.165) is 23.5 Å². The standard InChI is InChI=1S/C12H20B/c1-3-7-11-9(5-1)10-6-2-4-8-12(10)13-11/h9-12H,1-8H2. The van der Waals surface area contributed by atoms with Gasteiger partial charge in [0.25, 0.3) is 0 Å². The summed E-state index contributed by atoms with van der Waals surface area (Å²) in [5.41, 5.74) is 0. The van der Waals surface area contributed by atoms with Crippen LogP contribution in [-0.4, -0.2) is 7.28 Å². The third-order valence-corrected chi connectivity index (χ3v) is 4.79. The van der Waals surface area contributed by atoms with Gasteiger partial charge in [-0.25, -0.2) is 0 Å². The minimum atomic E-state index is 1.04. The fourth-order valence-corrected chi connectivity index (χ4v) is 4.24. The third-order valence-electron chi connectivity index (χ3n) is 4.79. The molecule has 0 nitrogen and oxygen atoms in total. The highest BCUT2D eigenvalue weighted by molar-refractivity contribution is 6.41. The highest BCUT2D eigenvalue weighted by atomic mass is 14.4. The first-order valence-electron chi connectivity index (χ1n) is 6.30. The van der Waals surface area contributed by atoms with Crippen molar-refractivity contribution in [2.45, 2.75) is 63.0 Å². The summed E-state index contributed by atoms with van der Waals surface area (Å²) < 4.78 is 0. The van der Waals surface area contributed by atoms with Gasteiger partial charge in [0.15, 0.2) is 0 Å². The molecule has 2 aliphatic carbocycles. The van der Waals surface area contributed by atoms with Crippen molar-refractivity contribution in [3.05, 3.63) is 0 Å². The van der Waals surface area contributed by atoms with Crippen molar-refractivity contribution in [2.24, 2.45) is 11.8 Å². The summed E-state index contributed by atoms with van der Waals surface area (Å²) in [6, 6.07) is 0. The van der Waals surface area contributed by atoms with Crippen LogP contribution in [0.15, 0.2) is 0 Å². The molecule has 1 heteroatoms. The van der Waals surface area contributed by atoms with Crippen LogP contribution in [0.5, 0.6) is 0 Å². The smallest absolute Gasteiger partial charge is 0.0655 e. The maximum absolute atomic E-state index is 2.76. The van der Waals surface area contributed by atoms with Crippen LogP contribution in [0.1, 0.15) is 51.4 Å². The van der Waals surface area contributed by atoms with Gasteiger partial charge in [0.2, 0.25) is 0 Å². The summed E-state index contributed by atoms with van der Waals surface area (Å²) in [7, 11) is 2.76. The van der Waals surface area contributed by atoms with E-state index in [1.807, 2.05) is 0 Å². The zero-order chi connectivity index (χ0) is 8.67. The molecule has 4 atom stereocenters. The number of fused-ring (bicyclic) bond motifs is 3. The quantitative estimate of drug-likeness (QED) is 0.493. The van der Waals surface area contributed by atoms with E-state index in [-0.39, 0.29) is 0 Å². The minimum absolute atomic E-state index is 1.04. The molecule has 1 aliphatic heterocycles. The van der Waals surface area contributed by atoms with Crippen LogP contribution in [0.25, 0.3) is 0 Å². The first-order chi connectivity index (χ1) is 6.45. The molecule has 4 unspecified atom stereocenters. The van der Waals surface area contributed by atoms with Crippen molar-refractivity contribution in [1.82, 2.24) is 0 Å². The van der Waals surface area contributed by atoms with Gasteiger partial charge in [-0.1, -0.05) is 63.0 Å². The summed E-state index contributed by atoms with van der Waals surface area (Å²) in [5, 5.41) is 0. The molecule has 0 amide bonds. The van der Waals surface area contributed by atoms with E-state index >= 15 is 0 Å². The Morgan fingerprint density at radius 3 is 1.62 bits per heavy atom. The predicted octanol–water partition coefficient (Wildman–Crippen LogP) is 3.66. The minimum Gasteiger partial charge on any atom is -0.0655 e. The zero-order valence-corrected chi connectivity index (χ0v) is 8.54. The SMILES string of the molecule is [B]1C2CCCCC2C2CCCCC12. The lowest BCUT2D eigenvalue weighted by Gasteiger charge is -2.33. The van der Waals surface area contributed by atoms with Crippen molar-refractivity contribution < 1.29 is 0 Å². The van der Waals surface area contributed by atoms with Crippen LogP contribution < -0.4 is 0 Å². The van der Waals surface area contributed by atoms with Gasteiger partial charge in [0.1, 0.15) is 7.28 Å². The first kappa shape index (κ1) is 8.38. The molecule has 0 aromatic rings. The Labute approximate surface area is 82.7 Å². The lowest BCUT2D eigenvalue weighted by molar-refractivity contribution is 0.226. The summed E-state index contributed by atoms with van der Waals surface area (Å²) in [6.45, 7) is 0. The van der Waals surface area contributed by atoms with Gasteiger partial charge in [-0.15, -0.1) is 0 Å². The monoisotopic (exact) mass is 175 g/mol. The van der Waals surface area contributed by atoms with Crippen molar-refractivity contribution in [2.75, 3.05) is 0 Å². The average molecular weight is 175 g/mol. The fraction of sp³-hybridized carbons (Fsp3) is 1.00. The number of rotatable bonds is 0. The van der Waals surface area contributed by atoms with Gasteiger partial charge < -0.3 is 0 Å². The topological polar surface area (TPSA) is 0 Å². The lowest BCUT2D eigenvalue weighted by Crippen LogP contribution is -2.19. The molecule has 1 heterocycles. The van der Waals surface area contributed by atoms with Gasteiger partial charge in [0, 0.05) is 0 Å². The molecule has 3 aliphatic rings. The lowest BCUT2D eigenvalue weighted by atomic mass is 9.55. The predicted molar refractivity (Wildman–Crippen MR) is 57.2 cm³/mol. The Morgan fingerprint density at radius 1 is 0.615 bits per heavy atom. The molecule has 0 N–H and O–H groups in total. The average Bonchev–Trinajstić information content (AvgIpc) is 2.56. The van der Waals surface area contributed by atoms with E-state index in [4.69, 9.17) is 0 Å². The maximum Gasteiger partial charge on any atom is 0.118 e. The summed E-state index contributed by atoms with van der Waals surface area (Å²) >= 11 is 0. The van der Waals surface area contributed by atoms with E-state index in [1.54, 1.807) is 12.8 Å². The molecule has 13 heavy (non-hydrogen) atoms. The van der Waals surface area contributed by atoms with Crippen molar-refractivity contribution in [3.8, 4) is 0 Å². The molecule has 0 aromatic heterocycles. The summed E-state index contributed by atoms with van der Waals surface area (Å²) in [5.74, 6) is 4.33. The second-order valence-electron chi connectivity index (χ2n) is 5.42. The van der Waals surface area contributed by atoms with Gasteiger partial charge in [-0.05, 0) is 11.8 Å². The molecule has 0 bridgehead atoms. The van der Waals surface area contributed by atoms with Crippen LogP contribution in [0, 0.1) is 11.8 Å². The second kappa shape index (κ2) is 3.33. The zero-order valence-electron chi connectivity index (χ0n) is 8.54. The van der Waals surface area contributed by atoms with E-state index in [1.165, 1.54) is 38.5 Å². The molecular weight excluding hydrogens is 155 g/mol. The van der Waals surface area contributed by atoms with Crippen LogP contribution in [-0.2, 0) is 0 Å². The van der Waals surface area contributed by atoms with E-state index in [0.29, 0.717) is 0 Å².